The minimum absolute atomic E-state index is 0.00658. The zero-order valence-corrected chi connectivity index (χ0v) is 8.82. The Bertz CT molecular complexity index is 506. The molecule has 0 aliphatic heterocycles. The van der Waals surface area contributed by atoms with E-state index in [4.69, 9.17) is 15.0 Å². The lowest BCUT2D eigenvalue weighted by molar-refractivity contribution is 0.400. The standard InChI is InChI=1S/C12H16O2/c1-5-6-10-8-11(13-3)9(2)7-12(10)14-4/h5-8H,1-4H3/b6-5+/i5D,6D,7D,8D. The van der Waals surface area contributed by atoms with Crippen molar-refractivity contribution in [2.45, 2.75) is 13.8 Å². The van der Waals surface area contributed by atoms with Gasteiger partial charge in [-0.15, -0.1) is 0 Å². The Morgan fingerprint density at radius 2 is 1.93 bits per heavy atom. The Labute approximate surface area is 90.8 Å². The Balaban J connectivity index is 3.79. The van der Waals surface area contributed by atoms with Crippen LogP contribution in [0.1, 0.15) is 23.5 Å². The molecule has 0 N–H and O–H groups in total. The van der Waals surface area contributed by atoms with Crippen LogP contribution in [0.25, 0.3) is 6.05 Å². The molecule has 0 heterocycles. The van der Waals surface area contributed by atoms with Crippen LogP contribution >= 0.6 is 0 Å². The van der Waals surface area contributed by atoms with E-state index in [0.29, 0.717) is 5.56 Å². The molecule has 14 heavy (non-hydrogen) atoms. The number of methoxy groups -OCH3 is 2. The van der Waals surface area contributed by atoms with Gasteiger partial charge in [-0.2, -0.15) is 0 Å². The van der Waals surface area contributed by atoms with E-state index in [9.17, 15) is 0 Å². The maximum atomic E-state index is 8.03. The summed E-state index contributed by atoms with van der Waals surface area (Å²) in [4.78, 5) is 0. The molecule has 0 aliphatic rings. The van der Waals surface area contributed by atoms with Gasteiger partial charge >= 0.3 is 0 Å². The van der Waals surface area contributed by atoms with Crippen LogP contribution in [0.3, 0.4) is 0 Å². The van der Waals surface area contributed by atoms with Crippen LogP contribution in [-0.2, 0) is 0 Å². The molecule has 0 aliphatic carbocycles. The van der Waals surface area contributed by atoms with E-state index in [2.05, 4.69) is 0 Å². The van der Waals surface area contributed by atoms with Crippen LogP contribution in [0, 0.1) is 6.92 Å². The van der Waals surface area contributed by atoms with Crippen LogP contribution in [0.15, 0.2) is 18.1 Å². The van der Waals surface area contributed by atoms with Crippen molar-refractivity contribution in [3.63, 3.8) is 0 Å². The van der Waals surface area contributed by atoms with Crippen LogP contribution in [0.5, 0.6) is 11.5 Å². The molecule has 0 unspecified atom stereocenters. The van der Waals surface area contributed by atoms with Gasteiger partial charge in [0, 0.05) is 5.56 Å². The van der Waals surface area contributed by atoms with Crippen molar-refractivity contribution >= 4 is 6.05 Å². The molecule has 0 spiro atoms. The zero-order valence-electron chi connectivity index (χ0n) is 12.8. The molecule has 0 aromatic heterocycles. The van der Waals surface area contributed by atoms with Crippen molar-refractivity contribution in [2.24, 2.45) is 0 Å². The maximum Gasteiger partial charge on any atom is 0.126 e. The topological polar surface area (TPSA) is 18.5 Å². The molecular weight excluding hydrogens is 176 g/mol. The highest BCUT2D eigenvalue weighted by molar-refractivity contribution is 5.61. The quantitative estimate of drug-likeness (QED) is 0.739. The lowest BCUT2D eigenvalue weighted by Crippen LogP contribution is -1.92. The van der Waals surface area contributed by atoms with Gasteiger partial charge in [-0.1, -0.05) is 12.1 Å². The lowest BCUT2D eigenvalue weighted by atomic mass is 10.1. The fourth-order valence-corrected chi connectivity index (χ4v) is 1.12. The summed E-state index contributed by atoms with van der Waals surface area (Å²) in [5, 5.41) is 0. The van der Waals surface area contributed by atoms with Crippen LogP contribution < -0.4 is 9.47 Å². The molecule has 0 amide bonds. The summed E-state index contributed by atoms with van der Waals surface area (Å²) < 4.78 is 41.5. The molecule has 0 saturated heterocycles. The number of benzene rings is 1. The first-order valence-corrected chi connectivity index (χ1v) is 4.22. The summed E-state index contributed by atoms with van der Waals surface area (Å²) in [6.07, 6.45) is 0. The zero-order chi connectivity index (χ0) is 14.0. The van der Waals surface area contributed by atoms with E-state index in [1.807, 2.05) is 0 Å². The van der Waals surface area contributed by atoms with E-state index in [0.717, 1.165) is 0 Å². The second kappa shape index (κ2) is 4.70. The molecule has 0 atom stereocenters. The number of hydrogen-bond donors (Lipinski definition) is 0. The predicted octanol–water partition coefficient (Wildman–Crippen LogP) is 3.05. The van der Waals surface area contributed by atoms with Crippen molar-refractivity contribution in [1.29, 1.82) is 0 Å². The lowest BCUT2D eigenvalue weighted by Gasteiger charge is -2.10. The van der Waals surface area contributed by atoms with Gasteiger partial charge in [-0.05, 0) is 31.5 Å². The smallest absolute Gasteiger partial charge is 0.126 e. The number of rotatable bonds is 3. The fraction of sp³-hybridized carbons (Fsp3) is 0.333. The van der Waals surface area contributed by atoms with Gasteiger partial charge in [-0.25, -0.2) is 0 Å². The Hall–Kier alpha value is -1.44. The van der Waals surface area contributed by atoms with Gasteiger partial charge in [0.1, 0.15) is 11.5 Å². The largest absolute Gasteiger partial charge is 0.496 e. The van der Waals surface area contributed by atoms with E-state index >= 15 is 0 Å². The molecule has 0 radical (unpaired) electrons. The van der Waals surface area contributed by atoms with Gasteiger partial charge in [-0.3, -0.25) is 0 Å². The third-order valence-electron chi connectivity index (χ3n) is 1.77. The molecule has 1 aromatic rings. The first kappa shape index (κ1) is 6.12. The van der Waals surface area contributed by atoms with E-state index in [1.54, 1.807) is 6.92 Å². The molecule has 0 bridgehead atoms. The first-order valence-electron chi connectivity index (χ1n) is 6.22. The second-order valence-electron chi connectivity index (χ2n) is 2.69. The maximum absolute atomic E-state index is 8.03. The summed E-state index contributed by atoms with van der Waals surface area (Å²) in [6.45, 7) is 3.11. The third-order valence-corrected chi connectivity index (χ3v) is 1.77. The average Bonchev–Trinajstić information content (AvgIpc) is 2.33. The van der Waals surface area contributed by atoms with Gasteiger partial charge in [0.15, 0.2) is 0 Å². The Kier molecular flexibility index (Phi) is 2.06. The Morgan fingerprint density at radius 1 is 1.29 bits per heavy atom. The fourth-order valence-electron chi connectivity index (χ4n) is 1.12. The van der Waals surface area contributed by atoms with E-state index in [1.165, 1.54) is 21.1 Å². The highest BCUT2D eigenvalue weighted by Gasteiger charge is 2.05. The minimum Gasteiger partial charge on any atom is -0.496 e. The van der Waals surface area contributed by atoms with Crippen molar-refractivity contribution in [3.8, 4) is 11.5 Å². The summed E-state index contributed by atoms with van der Waals surface area (Å²) in [7, 11) is 2.80. The number of allylic oxidation sites excluding steroid dienone is 1. The van der Waals surface area contributed by atoms with Gasteiger partial charge in [0.2, 0.25) is 0 Å². The van der Waals surface area contributed by atoms with Crippen molar-refractivity contribution in [2.75, 3.05) is 14.2 Å². The van der Waals surface area contributed by atoms with E-state index < -0.39 is 0 Å². The second-order valence-corrected chi connectivity index (χ2v) is 2.69. The van der Waals surface area contributed by atoms with Crippen molar-refractivity contribution in [1.82, 2.24) is 0 Å². The highest BCUT2D eigenvalue weighted by Crippen LogP contribution is 2.28. The summed E-state index contributed by atoms with van der Waals surface area (Å²) in [6, 6.07) is -0.0819. The molecule has 2 nitrogen and oxygen atoms in total. The van der Waals surface area contributed by atoms with Crippen molar-refractivity contribution in [3.05, 3.63) is 29.3 Å². The number of ether oxygens (including phenoxy) is 2. The van der Waals surface area contributed by atoms with Gasteiger partial charge in [0.05, 0.1) is 19.7 Å². The summed E-state index contributed by atoms with van der Waals surface area (Å²) in [5.41, 5.74) is 0.607. The van der Waals surface area contributed by atoms with Crippen LogP contribution in [0.4, 0.5) is 0 Å². The summed E-state index contributed by atoms with van der Waals surface area (Å²) in [5.74, 6) is 0.372. The highest BCUT2D eigenvalue weighted by atomic mass is 16.5. The summed E-state index contributed by atoms with van der Waals surface area (Å²) >= 11 is 0. The molecular formula is C12H16O2. The normalized spacial score (nSPS) is 16.0. The Morgan fingerprint density at radius 3 is 2.43 bits per heavy atom. The van der Waals surface area contributed by atoms with Crippen molar-refractivity contribution < 1.29 is 15.0 Å². The SMILES string of the molecule is [2H]/C(C)=C(/[2H])c1c([2H])c(OC)c(C)c([2H])c1OC. The predicted molar refractivity (Wildman–Crippen MR) is 59.0 cm³/mol. The first-order chi connectivity index (χ1) is 8.36. The van der Waals surface area contributed by atoms with Crippen LogP contribution in [0.2, 0.25) is 0 Å². The monoisotopic (exact) mass is 196 g/mol. The molecule has 2 heteroatoms. The van der Waals surface area contributed by atoms with Crippen LogP contribution in [-0.4, -0.2) is 14.2 Å². The molecule has 1 aromatic carbocycles. The molecule has 1 rings (SSSR count). The number of hydrogen-bond acceptors (Lipinski definition) is 2. The minimum atomic E-state index is -0.136. The molecule has 0 saturated carbocycles. The average molecular weight is 196 g/mol. The van der Waals surface area contributed by atoms with Gasteiger partial charge < -0.3 is 9.47 Å². The molecule has 0 fully saturated rings. The third kappa shape index (κ3) is 2.08. The molecule has 76 valence electrons. The van der Waals surface area contributed by atoms with E-state index in [-0.39, 0.29) is 41.3 Å². The van der Waals surface area contributed by atoms with Gasteiger partial charge in [0.25, 0.3) is 0 Å².